The second-order valence-electron chi connectivity index (χ2n) is 7.81. The van der Waals surface area contributed by atoms with Crippen molar-refractivity contribution in [3.05, 3.63) is 95.0 Å². The van der Waals surface area contributed by atoms with E-state index < -0.39 is 5.97 Å². The van der Waals surface area contributed by atoms with Crippen LogP contribution in [-0.2, 0) is 17.8 Å². The Hall–Kier alpha value is -3.57. The first-order valence-electron chi connectivity index (χ1n) is 10.9. The van der Waals surface area contributed by atoms with Crippen LogP contribution in [0.5, 0.6) is 5.75 Å². The van der Waals surface area contributed by atoms with Gasteiger partial charge >= 0.3 is 5.97 Å². The molecular weight excluding hydrogens is 436 g/mol. The molecule has 0 saturated carbocycles. The van der Waals surface area contributed by atoms with Crippen molar-refractivity contribution >= 4 is 17.6 Å². The third kappa shape index (κ3) is 5.62. The fourth-order valence-electron chi connectivity index (χ4n) is 3.68. The third-order valence-electron chi connectivity index (χ3n) is 5.23. The summed E-state index contributed by atoms with van der Waals surface area (Å²) in [6.07, 6.45) is 0.810. The standard InChI is InChI=1S/C27H25ClN2O3/c1-2-14-33-26-13-8-20(16-27(31)32)15-23(26)24-17-25(21-9-11-22(28)12-10-21)30(29-24)18-19-6-4-3-5-7-19/h3-13,15,17H,2,14,16,18H2,1H3,(H,31,32). The predicted molar refractivity (Wildman–Crippen MR) is 131 cm³/mol. The summed E-state index contributed by atoms with van der Waals surface area (Å²) in [6.45, 7) is 3.21. The minimum atomic E-state index is -0.875. The van der Waals surface area contributed by atoms with Gasteiger partial charge in [0.25, 0.3) is 0 Å². The second-order valence-corrected chi connectivity index (χ2v) is 8.25. The molecule has 0 aliphatic carbocycles. The molecule has 1 heterocycles. The molecule has 0 amide bonds. The smallest absolute Gasteiger partial charge is 0.307 e. The van der Waals surface area contributed by atoms with Crippen molar-refractivity contribution < 1.29 is 14.6 Å². The molecule has 0 bridgehead atoms. The molecule has 5 nitrogen and oxygen atoms in total. The number of rotatable bonds is 9. The molecule has 1 N–H and O–H groups in total. The Morgan fingerprint density at radius 1 is 1.00 bits per heavy atom. The molecule has 0 fully saturated rings. The maximum atomic E-state index is 11.3. The zero-order valence-corrected chi connectivity index (χ0v) is 19.1. The number of hydrogen-bond acceptors (Lipinski definition) is 3. The van der Waals surface area contributed by atoms with Crippen LogP contribution < -0.4 is 4.74 Å². The molecule has 0 radical (unpaired) electrons. The molecule has 4 rings (SSSR count). The van der Waals surface area contributed by atoms with Gasteiger partial charge in [0.15, 0.2) is 0 Å². The zero-order valence-electron chi connectivity index (χ0n) is 18.4. The zero-order chi connectivity index (χ0) is 23.2. The summed E-state index contributed by atoms with van der Waals surface area (Å²) in [6, 6.07) is 25.3. The Morgan fingerprint density at radius 2 is 1.76 bits per heavy atom. The molecule has 33 heavy (non-hydrogen) atoms. The molecule has 3 aromatic carbocycles. The number of aromatic nitrogens is 2. The van der Waals surface area contributed by atoms with E-state index in [1.54, 1.807) is 6.07 Å². The van der Waals surface area contributed by atoms with Crippen molar-refractivity contribution in [1.29, 1.82) is 0 Å². The topological polar surface area (TPSA) is 64.3 Å². The van der Waals surface area contributed by atoms with Gasteiger partial charge in [-0.3, -0.25) is 9.48 Å². The summed E-state index contributed by atoms with van der Waals surface area (Å²) in [5, 5.41) is 14.9. The highest BCUT2D eigenvalue weighted by Gasteiger charge is 2.17. The van der Waals surface area contributed by atoms with Gasteiger partial charge in [-0.05, 0) is 53.4 Å². The average molecular weight is 461 g/mol. The van der Waals surface area contributed by atoms with Crippen LogP contribution >= 0.6 is 11.6 Å². The van der Waals surface area contributed by atoms with Crippen LogP contribution in [0.1, 0.15) is 24.5 Å². The van der Waals surface area contributed by atoms with Gasteiger partial charge < -0.3 is 9.84 Å². The SMILES string of the molecule is CCCOc1ccc(CC(=O)O)cc1-c1cc(-c2ccc(Cl)cc2)n(Cc2ccccc2)n1. The van der Waals surface area contributed by atoms with E-state index in [2.05, 4.69) is 12.1 Å². The van der Waals surface area contributed by atoms with Crippen LogP contribution in [-0.4, -0.2) is 27.5 Å². The number of carboxylic acid groups (broad SMARTS) is 1. The van der Waals surface area contributed by atoms with Crippen LogP contribution in [0.25, 0.3) is 22.5 Å². The third-order valence-corrected chi connectivity index (χ3v) is 5.48. The minimum Gasteiger partial charge on any atom is -0.493 e. The van der Waals surface area contributed by atoms with Gasteiger partial charge in [-0.1, -0.05) is 67.1 Å². The lowest BCUT2D eigenvalue weighted by Crippen LogP contribution is -2.04. The normalized spacial score (nSPS) is 10.8. The number of carbonyl (C=O) groups is 1. The molecule has 0 aliphatic rings. The number of nitrogens with zero attached hydrogens (tertiary/aromatic N) is 2. The molecule has 1 aromatic heterocycles. The van der Waals surface area contributed by atoms with E-state index in [0.29, 0.717) is 29.5 Å². The summed E-state index contributed by atoms with van der Waals surface area (Å²) < 4.78 is 7.94. The van der Waals surface area contributed by atoms with Crippen LogP contribution in [0.15, 0.2) is 78.9 Å². The summed E-state index contributed by atoms with van der Waals surface area (Å²) in [5.74, 6) is -0.183. The molecule has 6 heteroatoms. The lowest BCUT2D eigenvalue weighted by atomic mass is 10.0. The van der Waals surface area contributed by atoms with Crippen molar-refractivity contribution in [1.82, 2.24) is 9.78 Å². The highest BCUT2D eigenvalue weighted by atomic mass is 35.5. The van der Waals surface area contributed by atoms with E-state index in [-0.39, 0.29) is 6.42 Å². The molecular formula is C27H25ClN2O3. The van der Waals surface area contributed by atoms with E-state index in [4.69, 9.17) is 21.4 Å². The molecule has 0 spiro atoms. The maximum absolute atomic E-state index is 11.3. The molecule has 0 unspecified atom stereocenters. The summed E-state index contributed by atoms with van der Waals surface area (Å²) in [4.78, 5) is 11.3. The van der Waals surface area contributed by atoms with Crippen molar-refractivity contribution in [2.45, 2.75) is 26.3 Å². The predicted octanol–water partition coefficient (Wildman–Crippen LogP) is 6.33. The highest BCUT2D eigenvalue weighted by Crippen LogP contribution is 2.34. The van der Waals surface area contributed by atoms with Crippen molar-refractivity contribution in [3.8, 4) is 28.3 Å². The number of carboxylic acids is 1. The van der Waals surface area contributed by atoms with E-state index in [1.807, 2.05) is 72.3 Å². The van der Waals surface area contributed by atoms with Crippen LogP contribution in [0, 0.1) is 0 Å². The van der Waals surface area contributed by atoms with Gasteiger partial charge in [-0.2, -0.15) is 5.10 Å². The van der Waals surface area contributed by atoms with E-state index in [0.717, 1.165) is 34.5 Å². The summed E-state index contributed by atoms with van der Waals surface area (Å²) in [5.41, 5.74) is 5.28. The largest absolute Gasteiger partial charge is 0.493 e. The van der Waals surface area contributed by atoms with Gasteiger partial charge in [-0.25, -0.2) is 0 Å². The summed E-state index contributed by atoms with van der Waals surface area (Å²) in [7, 11) is 0. The Morgan fingerprint density at radius 3 is 2.45 bits per heavy atom. The van der Waals surface area contributed by atoms with Crippen LogP contribution in [0.2, 0.25) is 5.02 Å². The van der Waals surface area contributed by atoms with E-state index in [9.17, 15) is 9.90 Å². The molecule has 168 valence electrons. The fraction of sp³-hybridized carbons (Fsp3) is 0.185. The molecule has 0 atom stereocenters. The molecule has 0 saturated heterocycles. The number of halogens is 1. The monoisotopic (exact) mass is 460 g/mol. The molecule has 0 aliphatic heterocycles. The average Bonchev–Trinajstić information content (AvgIpc) is 3.22. The minimum absolute atomic E-state index is 0.0597. The lowest BCUT2D eigenvalue weighted by molar-refractivity contribution is -0.136. The van der Waals surface area contributed by atoms with Gasteiger partial charge in [0.1, 0.15) is 5.75 Å². The van der Waals surface area contributed by atoms with Gasteiger partial charge in [0.05, 0.1) is 31.0 Å². The Bertz CT molecular complexity index is 1230. The van der Waals surface area contributed by atoms with Crippen molar-refractivity contribution in [3.63, 3.8) is 0 Å². The van der Waals surface area contributed by atoms with Crippen LogP contribution in [0.4, 0.5) is 0 Å². The lowest BCUT2D eigenvalue weighted by Gasteiger charge is -2.11. The molecule has 4 aromatic rings. The highest BCUT2D eigenvalue weighted by molar-refractivity contribution is 6.30. The second kappa shape index (κ2) is 10.4. The summed E-state index contributed by atoms with van der Waals surface area (Å²) >= 11 is 6.11. The number of aliphatic carboxylic acids is 1. The van der Waals surface area contributed by atoms with Crippen molar-refractivity contribution in [2.24, 2.45) is 0 Å². The Labute approximate surface area is 198 Å². The quantitative estimate of drug-likeness (QED) is 0.316. The number of benzene rings is 3. The first-order chi connectivity index (χ1) is 16.0. The maximum Gasteiger partial charge on any atom is 0.307 e. The van der Waals surface area contributed by atoms with E-state index in [1.165, 1.54) is 0 Å². The van der Waals surface area contributed by atoms with Gasteiger partial charge in [0.2, 0.25) is 0 Å². The fourth-order valence-corrected chi connectivity index (χ4v) is 3.80. The Kier molecular flexibility index (Phi) is 7.10. The van der Waals surface area contributed by atoms with Gasteiger partial charge in [-0.15, -0.1) is 0 Å². The van der Waals surface area contributed by atoms with Crippen LogP contribution in [0.3, 0.4) is 0 Å². The Balaban J connectivity index is 1.82. The first-order valence-corrected chi connectivity index (χ1v) is 11.3. The first kappa shape index (κ1) is 22.6. The number of ether oxygens (including phenoxy) is 1. The van der Waals surface area contributed by atoms with E-state index >= 15 is 0 Å². The van der Waals surface area contributed by atoms with Crippen molar-refractivity contribution in [2.75, 3.05) is 6.61 Å². The number of hydrogen-bond donors (Lipinski definition) is 1. The van der Waals surface area contributed by atoms with Gasteiger partial charge in [0, 0.05) is 10.6 Å².